The van der Waals surface area contributed by atoms with Gasteiger partial charge in [0.15, 0.2) is 0 Å². The number of ether oxygens (including phenoxy) is 1. The van der Waals surface area contributed by atoms with Crippen LogP contribution in [0.25, 0.3) is 0 Å². The van der Waals surface area contributed by atoms with Gasteiger partial charge in [-0.1, -0.05) is 17.7 Å². The van der Waals surface area contributed by atoms with Crippen molar-refractivity contribution in [1.82, 2.24) is 10.6 Å². The van der Waals surface area contributed by atoms with E-state index in [1.807, 2.05) is 19.9 Å². The number of allylic oxidation sites excluding steroid dienone is 1. The van der Waals surface area contributed by atoms with Gasteiger partial charge < -0.3 is 20.7 Å². The summed E-state index contributed by atoms with van der Waals surface area (Å²) in [5.74, 6) is -0.539. The number of hydrogen-bond acceptors (Lipinski definition) is 4. The van der Waals surface area contributed by atoms with E-state index >= 15 is 0 Å². The molecule has 0 atom stereocenters. The molecule has 1 aromatic rings. The molecule has 0 saturated heterocycles. The van der Waals surface area contributed by atoms with Gasteiger partial charge in [-0.25, -0.2) is 4.79 Å². The van der Waals surface area contributed by atoms with Crippen LogP contribution < -0.4 is 16.0 Å². The number of carbonyl (C=O) groups excluding carboxylic acids is 3. The summed E-state index contributed by atoms with van der Waals surface area (Å²) in [6.07, 6.45) is 0.869. The van der Waals surface area contributed by atoms with E-state index in [0.717, 1.165) is 11.1 Å². The van der Waals surface area contributed by atoms with Crippen molar-refractivity contribution >= 4 is 23.6 Å². The van der Waals surface area contributed by atoms with Gasteiger partial charge in [0.05, 0.1) is 0 Å². The standard InChI is InChI=1S/C19H27N3O4/c1-13(2)9-16(23)22-15-8-6-7-14(10-15)11-20-17(24)12-21-18(25)26-19(3,4)5/h6-10H,11-12H2,1-5H3,(H,20,24)(H,21,25)(H,22,23). The Labute approximate surface area is 154 Å². The van der Waals surface area contributed by atoms with Crippen molar-refractivity contribution in [2.24, 2.45) is 0 Å². The van der Waals surface area contributed by atoms with E-state index < -0.39 is 11.7 Å². The molecule has 1 aromatic carbocycles. The summed E-state index contributed by atoms with van der Waals surface area (Å²) in [7, 11) is 0. The highest BCUT2D eigenvalue weighted by Gasteiger charge is 2.16. The fourth-order valence-electron chi connectivity index (χ4n) is 1.93. The second-order valence-electron chi connectivity index (χ2n) is 7.04. The van der Waals surface area contributed by atoms with Crippen LogP contribution >= 0.6 is 0 Å². The van der Waals surface area contributed by atoms with Crippen LogP contribution in [-0.4, -0.2) is 30.1 Å². The number of hydrogen-bond donors (Lipinski definition) is 3. The monoisotopic (exact) mass is 361 g/mol. The van der Waals surface area contributed by atoms with Crippen molar-refractivity contribution in [1.29, 1.82) is 0 Å². The van der Waals surface area contributed by atoms with Crippen molar-refractivity contribution < 1.29 is 19.1 Å². The summed E-state index contributed by atoms with van der Waals surface area (Å²) >= 11 is 0. The van der Waals surface area contributed by atoms with E-state index in [1.165, 1.54) is 6.08 Å². The number of benzene rings is 1. The van der Waals surface area contributed by atoms with Crippen molar-refractivity contribution in [2.75, 3.05) is 11.9 Å². The number of alkyl carbamates (subject to hydrolysis) is 1. The van der Waals surface area contributed by atoms with Crippen molar-refractivity contribution in [3.05, 3.63) is 41.5 Å². The third-order valence-corrected chi connectivity index (χ3v) is 2.90. The first-order valence-corrected chi connectivity index (χ1v) is 8.33. The second-order valence-corrected chi connectivity index (χ2v) is 7.04. The predicted molar refractivity (Wildman–Crippen MR) is 101 cm³/mol. The minimum Gasteiger partial charge on any atom is -0.444 e. The number of nitrogens with one attached hydrogen (secondary N) is 3. The molecule has 0 aromatic heterocycles. The molecule has 0 heterocycles. The maximum Gasteiger partial charge on any atom is 0.408 e. The molecule has 142 valence electrons. The smallest absolute Gasteiger partial charge is 0.408 e. The van der Waals surface area contributed by atoms with E-state index in [2.05, 4.69) is 16.0 Å². The molecule has 1 rings (SSSR count). The first-order valence-electron chi connectivity index (χ1n) is 8.33. The normalized spacial score (nSPS) is 10.5. The molecule has 0 aliphatic carbocycles. The zero-order valence-electron chi connectivity index (χ0n) is 15.9. The van der Waals surface area contributed by atoms with Crippen LogP contribution in [0.3, 0.4) is 0 Å². The maximum absolute atomic E-state index is 11.8. The van der Waals surface area contributed by atoms with Gasteiger partial charge in [0.25, 0.3) is 0 Å². The lowest BCUT2D eigenvalue weighted by Crippen LogP contribution is -2.39. The lowest BCUT2D eigenvalue weighted by atomic mass is 10.2. The van der Waals surface area contributed by atoms with Gasteiger partial charge in [-0.15, -0.1) is 0 Å². The van der Waals surface area contributed by atoms with Gasteiger partial charge in [-0.05, 0) is 52.3 Å². The molecule has 26 heavy (non-hydrogen) atoms. The highest BCUT2D eigenvalue weighted by Crippen LogP contribution is 2.11. The molecular formula is C19H27N3O4. The number of rotatable bonds is 6. The predicted octanol–water partition coefficient (Wildman–Crippen LogP) is 2.73. The van der Waals surface area contributed by atoms with Gasteiger partial charge in [0.1, 0.15) is 12.1 Å². The summed E-state index contributed by atoms with van der Waals surface area (Å²) in [4.78, 5) is 35.1. The van der Waals surface area contributed by atoms with E-state index in [1.54, 1.807) is 39.0 Å². The minimum atomic E-state index is -0.642. The van der Waals surface area contributed by atoms with Crippen LogP contribution in [0, 0.1) is 0 Å². The fraction of sp³-hybridized carbons (Fsp3) is 0.421. The summed E-state index contributed by atoms with van der Waals surface area (Å²) in [5.41, 5.74) is 1.76. The lowest BCUT2D eigenvalue weighted by molar-refractivity contribution is -0.120. The molecule has 3 amide bonds. The third-order valence-electron chi connectivity index (χ3n) is 2.90. The van der Waals surface area contributed by atoms with Crippen molar-refractivity contribution in [3.8, 4) is 0 Å². The zero-order chi connectivity index (χ0) is 19.7. The Kier molecular flexibility index (Phi) is 7.83. The number of carbonyl (C=O) groups is 3. The molecule has 0 aliphatic heterocycles. The Bertz CT molecular complexity index is 686. The second kappa shape index (κ2) is 9.60. The van der Waals surface area contributed by atoms with Crippen LogP contribution in [0.5, 0.6) is 0 Å². The van der Waals surface area contributed by atoms with E-state index in [0.29, 0.717) is 5.69 Å². The van der Waals surface area contributed by atoms with Crippen LogP contribution in [0.1, 0.15) is 40.2 Å². The highest BCUT2D eigenvalue weighted by atomic mass is 16.6. The molecule has 0 spiro atoms. The van der Waals surface area contributed by atoms with Crippen molar-refractivity contribution in [2.45, 2.75) is 46.8 Å². The Balaban J connectivity index is 2.46. The molecule has 0 radical (unpaired) electrons. The summed E-state index contributed by atoms with van der Waals surface area (Å²) < 4.78 is 5.06. The lowest BCUT2D eigenvalue weighted by Gasteiger charge is -2.19. The average Bonchev–Trinajstić information content (AvgIpc) is 2.48. The summed E-state index contributed by atoms with van der Waals surface area (Å²) in [6, 6.07) is 7.17. The molecule has 0 saturated carbocycles. The first kappa shape index (κ1) is 21.2. The van der Waals surface area contributed by atoms with Gasteiger partial charge in [-0.3, -0.25) is 9.59 Å². The van der Waals surface area contributed by atoms with Gasteiger partial charge in [0.2, 0.25) is 11.8 Å². The Morgan fingerprint density at radius 1 is 1.12 bits per heavy atom. The average molecular weight is 361 g/mol. The van der Waals surface area contributed by atoms with E-state index in [4.69, 9.17) is 4.74 Å². The molecule has 7 nitrogen and oxygen atoms in total. The molecule has 3 N–H and O–H groups in total. The van der Waals surface area contributed by atoms with Crippen LogP contribution in [0.4, 0.5) is 10.5 Å². The SMILES string of the molecule is CC(C)=CC(=O)Nc1cccc(CNC(=O)CNC(=O)OC(C)(C)C)c1. The molecular weight excluding hydrogens is 334 g/mol. The first-order chi connectivity index (χ1) is 12.0. The largest absolute Gasteiger partial charge is 0.444 e. The Morgan fingerprint density at radius 3 is 2.42 bits per heavy atom. The van der Waals surface area contributed by atoms with Crippen LogP contribution in [-0.2, 0) is 20.9 Å². The minimum absolute atomic E-state index is 0.175. The van der Waals surface area contributed by atoms with Crippen LogP contribution in [0.2, 0.25) is 0 Å². The Hall–Kier alpha value is -2.83. The highest BCUT2D eigenvalue weighted by molar-refractivity contribution is 5.99. The molecule has 0 unspecified atom stereocenters. The maximum atomic E-state index is 11.8. The summed E-state index contributed by atoms with van der Waals surface area (Å²) in [6.45, 7) is 9.03. The van der Waals surface area contributed by atoms with Crippen LogP contribution in [0.15, 0.2) is 35.9 Å². The van der Waals surface area contributed by atoms with Gasteiger partial charge in [-0.2, -0.15) is 0 Å². The van der Waals surface area contributed by atoms with Gasteiger partial charge in [0, 0.05) is 18.3 Å². The van der Waals surface area contributed by atoms with Crippen molar-refractivity contribution in [3.63, 3.8) is 0 Å². The third kappa shape index (κ3) is 9.46. The Morgan fingerprint density at radius 2 is 1.81 bits per heavy atom. The number of amides is 3. The van der Waals surface area contributed by atoms with E-state index in [-0.39, 0.29) is 24.9 Å². The van der Waals surface area contributed by atoms with E-state index in [9.17, 15) is 14.4 Å². The quantitative estimate of drug-likeness (QED) is 0.679. The topological polar surface area (TPSA) is 96.5 Å². The molecule has 7 heteroatoms. The molecule has 0 aliphatic rings. The number of anilines is 1. The zero-order valence-corrected chi connectivity index (χ0v) is 15.9. The fourth-order valence-corrected chi connectivity index (χ4v) is 1.93. The molecule has 0 fully saturated rings. The van der Waals surface area contributed by atoms with Gasteiger partial charge >= 0.3 is 6.09 Å². The molecule has 0 bridgehead atoms. The summed E-state index contributed by atoms with van der Waals surface area (Å²) in [5, 5.41) is 7.85.